The van der Waals surface area contributed by atoms with E-state index in [0.29, 0.717) is 29.2 Å². The minimum atomic E-state index is 0.265. The molecule has 1 aliphatic heterocycles. The Bertz CT molecular complexity index is 379. The largest absolute Gasteiger partial charge is 0.342 e. The van der Waals surface area contributed by atoms with Crippen molar-refractivity contribution in [3.63, 3.8) is 0 Å². The molecule has 2 saturated carbocycles. The Morgan fingerprint density at radius 1 is 1.05 bits per heavy atom. The summed E-state index contributed by atoms with van der Waals surface area (Å²) < 4.78 is 0. The molecule has 0 aromatic rings. The summed E-state index contributed by atoms with van der Waals surface area (Å²) in [4.78, 5) is 15.1. The molecule has 2 atom stereocenters. The molecule has 0 spiro atoms. The summed E-state index contributed by atoms with van der Waals surface area (Å²) in [6.45, 7) is 6.61. The molecule has 3 fully saturated rings. The van der Waals surface area contributed by atoms with Crippen LogP contribution in [0.5, 0.6) is 0 Å². The standard InChI is InChI=1S/C18H32N2O/c1-18(2)7-4-9-20(10-8-18)17(21)15-11-13-5-3-6-14(12-15)16(13)19/h13-16H,3-12,19H2,1-2H3. The fourth-order valence-electron chi connectivity index (χ4n) is 4.89. The summed E-state index contributed by atoms with van der Waals surface area (Å²) in [5.41, 5.74) is 6.76. The van der Waals surface area contributed by atoms with Crippen LogP contribution in [0.3, 0.4) is 0 Å². The van der Waals surface area contributed by atoms with Gasteiger partial charge in [0.1, 0.15) is 0 Å². The molecule has 0 aromatic carbocycles. The SMILES string of the molecule is CC1(C)CCCN(C(=O)C2CC3CCCC(C2)C3N)CC1. The molecule has 1 amide bonds. The number of nitrogens with zero attached hydrogens (tertiary/aromatic N) is 1. The number of likely N-dealkylation sites (tertiary alicyclic amines) is 1. The third-order valence-electron chi connectivity index (χ3n) is 6.41. The number of rotatable bonds is 1. The van der Waals surface area contributed by atoms with Crippen LogP contribution in [0, 0.1) is 23.2 Å². The lowest BCUT2D eigenvalue weighted by Gasteiger charge is -2.44. The quantitative estimate of drug-likeness (QED) is 0.807. The number of carbonyl (C=O) groups is 1. The topological polar surface area (TPSA) is 46.3 Å². The van der Waals surface area contributed by atoms with E-state index in [1.165, 1.54) is 25.7 Å². The Balaban J connectivity index is 1.63. The molecule has 1 saturated heterocycles. The summed E-state index contributed by atoms with van der Waals surface area (Å²) in [5, 5.41) is 0. The number of fused-ring (bicyclic) bond motifs is 2. The van der Waals surface area contributed by atoms with E-state index in [-0.39, 0.29) is 5.92 Å². The minimum Gasteiger partial charge on any atom is -0.342 e. The average Bonchev–Trinajstić information content (AvgIpc) is 2.58. The van der Waals surface area contributed by atoms with Gasteiger partial charge in [-0.3, -0.25) is 4.79 Å². The van der Waals surface area contributed by atoms with Crippen LogP contribution in [-0.4, -0.2) is 29.9 Å². The molecule has 3 aliphatic rings. The molecule has 0 aromatic heterocycles. The van der Waals surface area contributed by atoms with Crippen LogP contribution in [0.1, 0.15) is 65.2 Å². The van der Waals surface area contributed by atoms with Gasteiger partial charge in [-0.1, -0.05) is 20.3 Å². The number of hydrogen-bond donors (Lipinski definition) is 1. The first-order valence-corrected chi connectivity index (χ1v) is 9.01. The van der Waals surface area contributed by atoms with E-state index in [0.717, 1.165) is 38.8 Å². The molecule has 1 heterocycles. The second-order valence-corrected chi connectivity index (χ2v) is 8.54. The first-order valence-electron chi connectivity index (χ1n) is 9.01. The van der Waals surface area contributed by atoms with Crippen molar-refractivity contribution in [2.45, 2.75) is 71.3 Å². The predicted octanol–water partition coefficient (Wildman–Crippen LogP) is 3.18. The Kier molecular flexibility index (Phi) is 4.31. The normalized spacial score (nSPS) is 39.7. The van der Waals surface area contributed by atoms with Crippen LogP contribution in [0.2, 0.25) is 0 Å². The smallest absolute Gasteiger partial charge is 0.225 e. The van der Waals surface area contributed by atoms with Crippen LogP contribution >= 0.6 is 0 Å². The zero-order valence-corrected chi connectivity index (χ0v) is 13.8. The van der Waals surface area contributed by atoms with E-state index >= 15 is 0 Å². The number of amides is 1. The van der Waals surface area contributed by atoms with Crippen LogP contribution in [0.15, 0.2) is 0 Å². The van der Waals surface area contributed by atoms with Gasteiger partial charge in [-0.2, -0.15) is 0 Å². The highest BCUT2D eigenvalue weighted by Crippen LogP contribution is 2.42. The number of hydrogen-bond acceptors (Lipinski definition) is 2. The van der Waals surface area contributed by atoms with Gasteiger partial charge in [-0.05, 0) is 62.2 Å². The molecule has 21 heavy (non-hydrogen) atoms. The maximum atomic E-state index is 12.9. The summed E-state index contributed by atoms with van der Waals surface area (Å²) in [5.74, 6) is 1.92. The lowest BCUT2D eigenvalue weighted by molar-refractivity contribution is -0.138. The summed E-state index contributed by atoms with van der Waals surface area (Å²) >= 11 is 0. The summed E-state index contributed by atoms with van der Waals surface area (Å²) in [6.07, 6.45) is 9.48. The van der Waals surface area contributed by atoms with E-state index in [1.54, 1.807) is 0 Å². The fraction of sp³-hybridized carbons (Fsp3) is 0.944. The van der Waals surface area contributed by atoms with Gasteiger partial charge in [0.2, 0.25) is 5.91 Å². The molecule has 2 aliphatic carbocycles. The van der Waals surface area contributed by atoms with Crippen molar-refractivity contribution < 1.29 is 4.79 Å². The Hall–Kier alpha value is -0.570. The fourth-order valence-corrected chi connectivity index (χ4v) is 4.89. The van der Waals surface area contributed by atoms with E-state index in [4.69, 9.17) is 5.73 Å². The molecule has 0 radical (unpaired) electrons. The Labute approximate surface area is 129 Å². The molecule has 3 nitrogen and oxygen atoms in total. The van der Waals surface area contributed by atoms with Gasteiger partial charge in [0, 0.05) is 25.0 Å². The molecule has 2 unspecified atom stereocenters. The maximum absolute atomic E-state index is 12.9. The third kappa shape index (κ3) is 3.28. The van der Waals surface area contributed by atoms with E-state index < -0.39 is 0 Å². The summed E-state index contributed by atoms with van der Waals surface area (Å²) in [6, 6.07) is 0.367. The molecular weight excluding hydrogens is 260 g/mol. The van der Waals surface area contributed by atoms with Gasteiger partial charge in [-0.15, -0.1) is 0 Å². The van der Waals surface area contributed by atoms with E-state index in [9.17, 15) is 4.79 Å². The lowest BCUT2D eigenvalue weighted by Crippen LogP contribution is -2.49. The van der Waals surface area contributed by atoms with E-state index in [1.807, 2.05) is 0 Å². The molecular formula is C18H32N2O. The van der Waals surface area contributed by atoms with Gasteiger partial charge in [-0.25, -0.2) is 0 Å². The second kappa shape index (κ2) is 5.91. The van der Waals surface area contributed by atoms with Crippen molar-refractivity contribution in [2.75, 3.05) is 13.1 Å². The predicted molar refractivity (Wildman–Crippen MR) is 85.7 cm³/mol. The molecule has 2 N–H and O–H groups in total. The van der Waals surface area contributed by atoms with Gasteiger partial charge in [0.15, 0.2) is 0 Å². The minimum absolute atomic E-state index is 0.265. The van der Waals surface area contributed by atoms with Crippen molar-refractivity contribution >= 4 is 5.91 Å². The van der Waals surface area contributed by atoms with Crippen LogP contribution in [0.4, 0.5) is 0 Å². The van der Waals surface area contributed by atoms with Gasteiger partial charge in [0.25, 0.3) is 0 Å². The highest BCUT2D eigenvalue weighted by atomic mass is 16.2. The molecule has 3 rings (SSSR count). The summed E-state index contributed by atoms with van der Waals surface area (Å²) in [7, 11) is 0. The van der Waals surface area contributed by atoms with Gasteiger partial charge in [0.05, 0.1) is 0 Å². The number of nitrogens with two attached hydrogens (primary N) is 1. The lowest BCUT2D eigenvalue weighted by atomic mass is 9.65. The molecule has 2 bridgehead atoms. The monoisotopic (exact) mass is 292 g/mol. The van der Waals surface area contributed by atoms with Crippen molar-refractivity contribution in [1.29, 1.82) is 0 Å². The molecule has 120 valence electrons. The maximum Gasteiger partial charge on any atom is 0.225 e. The Morgan fingerprint density at radius 3 is 2.38 bits per heavy atom. The zero-order valence-electron chi connectivity index (χ0n) is 13.8. The first kappa shape index (κ1) is 15.3. The van der Waals surface area contributed by atoms with Crippen LogP contribution in [-0.2, 0) is 4.79 Å². The van der Waals surface area contributed by atoms with Crippen molar-refractivity contribution in [3.8, 4) is 0 Å². The Morgan fingerprint density at radius 2 is 1.71 bits per heavy atom. The van der Waals surface area contributed by atoms with Gasteiger partial charge >= 0.3 is 0 Å². The zero-order chi connectivity index (χ0) is 15.0. The highest BCUT2D eigenvalue weighted by molar-refractivity contribution is 5.79. The average molecular weight is 292 g/mol. The van der Waals surface area contributed by atoms with Crippen molar-refractivity contribution in [2.24, 2.45) is 28.9 Å². The van der Waals surface area contributed by atoms with Crippen molar-refractivity contribution in [3.05, 3.63) is 0 Å². The van der Waals surface area contributed by atoms with E-state index in [2.05, 4.69) is 18.7 Å². The van der Waals surface area contributed by atoms with Gasteiger partial charge < -0.3 is 10.6 Å². The number of carbonyl (C=O) groups excluding carboxylic acids is 1. The highest BCUT2D eigenvalue weighted by Gasteiger charge is 2.41. The first-order chi connectivity index (χ1) is 9.96. The van der Waals surface area contributed by atoms with Crippen LogP contribution < -0.4 is 5.73 Å². The van der Waals surface area contributed by atoms with Crippen LogP contribution in [0.25, 0.3) is 0 Å². The third-order valence-corrected chi connectivity index (χ3v) is 6.41. The second-order valence-electron chi connectivity index (χ2n) is 8.54. The molecule has 3 heteroatoms. The van der Waals surface area contributed by atoms with Crippen molar-refractivity contribution in [1.82, 2.24) is 4.90 Å².